The first-order valence-corrected chi connectivity index (χ1v) is 8.00. The molecule has 0 atom stereocenters. The number of hydrogen-bond donors (Lipinski definition) is 0. The molecule has 0 amide bonds. The number of aromatic nitrogens is 1. The average molecular weight is 373 g/mol. The Kier molecular flexibility index (Phi) is 5.13. The molecule has 0 fully saturated rings. The highest BCUT2D eigenvalue weighted by atomic mass is 79.9. The summed E-state index contributed by atoms with van der Waals surface area (Å²) >= 11 is 4.76. The predicted octanol–water partition coefficient (Wildman–Crippen LogP) is 3.84. The number of rotatable bonds is 6. The van der Waals surface area contributed by atoms with Crippen LogP contribution in [0.1, 0.15) is 16.3 Å². The highest BCUT2D eigenvalue weighted by molar-refractivity contribution is 9.08. The SMILES string of the molecule is COc1cc(CBr)c([N+](=O)[O-])cc1OCc1csc(C)n1. The lowest BCUT2D eigenvalue weighted by Gasteiger charge is -2.11. The van der Waals surface area contributed by atoms with Crippen LogP contribution in [0.4, 0.5) is 5.69 Å². The van der Waals surface area contributed by atoms with Gasteiger partial charge in [-0.05, 0) is 13.0 Å². The summed E-state index contributed by atoms with van der Waals surface area (Å²) in [4.78, 5) is 14.9. The van der Waals surface area contributed by atoms with Crippen molar-refractivity contribution in [2.45, 2.75) is 18.9 Å². The molecule has 1 aromatic heterocycles. The van der Waals surface area contributed by atoms with Crippen LogP contribution < -0.4 is 9.47 Å². The van der Waals surface area contributed by atoms with Gasteiger partial charge < -0.3 is 9.47 Å². The second kappa shape index (κ2) is 6.86. The van der Waals surface area contributed by atoms with Crippen molar-refractivity contribution in [3.05, 3.63) is 43.9 Å². The van der Waals surface area contributed by atoms with Crippen LogP contribution in [-0.2, 0) is 11.9 Å². The zero-order chi connectivity index (χ0) is 15.4. The molecular weight excluding hydrogens is 360 g/mol. The Balaban J connectivity index is 2.28. The van der Waals surface area contributed by atoms with Crippen LogP contribution in [0.15, 0.2) is 17.5 Å². The van der Waals surface area contributed by atoms with Gasteiger partial charge in [-0.1, -0.05) is 15.9 Å². The number of aryl methyl sites for hydroxylation is 1. The summed E-state index contributed by atoms with van der Waals surface area (Å²) in [5, 5.41) is 14.3. The smallest absolute Gasteiger partial charge is 0.277 e. The predicted molar refractivity (Wildman–Crippen MR) is 83.5 cm³/mol. The van der Waals surface area contributed by atoms with Crippen LogP contribution >= 0.6 is 27.3 Å². The number of alkyl halides is 1. The zero-order valence-corrected chi connectivity index (χ0v) is 13.9. The Bertz CT molecular complexity index is 660. The molecule has 0 N–H and O–H groups in total. The van der Waals surface area contributed by atoms with Crippen molar-refractivity contribution in [1.82, 2.24) is 4.98 Å². The summed E-state index contributed by atoms with van der Waals surface area (Å²) in [6.07, 6.45) is 0. The molecule has 0 bridgehead atoms. The van der Waals surface area contributed by atoms with Crippen LogP contribution in [0.25, 0.3) is 0 Å². The zero-order valence-electron chi connectivity index (χ0n) is 11.5. The standard InChI is InChI=1S/C13H13BrN2O4S/c1-8-15-10(7-21-8)6-20-13-4-11(16(17)18)9(5-14)3-12(13)19-2/h3-4,7H,5-6H2,1-2H3. The Morgan fingerprint density at radius 1 is 1.43 bits per heavy atom. The van der Waals surface area contributed by atoms with E-state index in [-0.39, 0.29) is 12.3 Å². The average Bonchev–Trinajstić information content (AvgIpc) is 2.89. The van der Waals surface area contributed by atoms with Crippen molar-refractivity contribution < 1.29 is 14.4 Å². The minimum atomic E-state index is -0.435. The summed E-state index contributed by atoms with van der Waals surface area (Å²) in [5.41, 5.74) is 1.32. The number of benzene rings is 1. The van der Waals surface area contributed by atoms with Gasteiger partial charge in [-0.3, -0.25) is 10.1 Å². The molecule has 1 aromatic carbocycles. The van der Waals surface area contributed by atoms with Crippen molar-refractivity contribution in [2.24, 2.45) is 0 Å². The number of ether oxygens (including phenoxy) is 2. The molecule has 0 aliphatic heterocycles. The van der Waals surface area contributed by atoms with E-state index in [9.17, 15) is 10.1 Å². The first-order valence-electron chi connectivity index (χ1n) is 6.00. The minimum Gasteiger partial charge on any atom is -0.493 e. The van der Waals surface area contributed by atoms with Crippen molar-refractivity contribution in [3.63, 3.8) is 0 Å². The summed E-state index contributed by atoms with van der Waals surface area (Å²) < 4.78 is 10.8. The first-order chi connectivity index (χ1) is 10.0. The quantitative estimate of drug-likeness (QED) is 0.437. The number of nitro benzene ring substituents is 1. The van der Waals surface area contributed by atoms with Gasteiger partial charge >= 0.3 is 0 Å². The number of halogens is 1. The van der Waals surface area contributed by atoms with Gasteiger partial charge in [0.25, 0.3) is 5.69 Å². The molecule has 0 spiro atoms. The largest absolute Gasteiger partial charge is 0.493 e. The van der Waals surface area contributed by atoms with E-state index in [0.717, 1.165) is 10.7 Å². The number of methoxy groups -OCH3 is 1. The van der Waals surface area contributed by atoms with E-state index in [1.807, 2.05) is 12.3 Å². The van der Waals surface area contributed by atoms with Gasteiger partial charge in [0.15, 0.2) is 11.5 Å². The summed E-state index contributed by atoms with van der Waals surface area (Å²) in [6, 6.07) is 2.99. The van der Waals surface area contributed by atoms with Crippen LogP contribution in [0, 0.1) is 17.0 Å². The molecule has 112 valence electrons. The van der Waals surface area contributed by atoms with Gasteiger partial charge in [-0.25, -0.2) is 4.98 Å². The van der Waals surface area contributed by atoms with Crippen LogP contribution in [0.3, 0.4) is 0 Å². The van der Waals surface area contributed by atoms with Crippen LogP contribution in [0.2, 0.25) is 0 Å². The molecule has 0 aliphatic rings. The number of thiazole rings is 1. The van der Waals surface area contributed by atoms with Gasteiger partial charge in [0.1, 0.15) is 6.61 Å². The minimum absolute atomic E-state index is 0.00265. The Labute approximate surface area is 134 Å². The fraction of sp³-hybridized carbons (Fsp3) is 0.308. The monoisotopic (exact) mass is 372 g/mol. The van der Waals surface area contributed by atoms with E-state index >= 15 is 0 Å². The third kappa shape index (κ3) is 3.70. The van der Waals surface area contributed by atoms with E-state index in [1.54, 1.807) is 6.07 Å². The van der Waals surface area contributed by atoms with Crippen molar-refractivity contribution in [3.8, 4) is 11.5 Å². The molecule has 1 heterocycles. The molecule has 0 unspecified atom stereocenters. The fourth-order valence-corrected chi connectivity index (χ4v) is 2.81. The van der Waals surface area contributed by atoms with E-state index in [4.69, 9.17) is 9.47 Å². The van der Waals surface area contributed by atoms with Gasteiger partial charge in [0.05, 0.1) is 28.8 Å². The van der Waals surface area contributed by atoms with Crippen LogP contribution in [0.5, 0.6) is 11.5 Å². The van der Waals surface area contributed by atoms with E-state index in [1.165, 1.54) is 24.5 Å². The molecule has 6 nitrogen and oxygen atoms in total. The topological polar surface area (TPSA) is 74.5 Å². The lowest BCUT2D eigenvalue weighted by atomic mass is 10.2. The second-order valence-electron chi connectivity index (χ2n) is 4.17. The fourth-order valence-electron chi connectivity index (χ4n) is 1.77. The van der Waals surface area contributed by atoms with Gasteiger partial charge in [0.2, 0.25) is 0 Å². The van der Waals surface area contributed by atoms with E-state index < -0.39 is 4.92 Å². The molecule has 8 heteroatoms. The first kappa shape index (κ1) is 15.7. The summed E-state index contributed by atoms with van der Waals surface area (Å²) in [6.45, 7) is 2.15. The highest BCUT2D eigenvalue weighted by Crippen LogP contribution is 2.36. The molecule has 2 rings (SSSR count). The Morgan fingerprint density at radius 2 is 2.19 bits per heavy atom. The van der Waals surface area contributed by atoms with Gasteiger partial charge in [-0.2, -0.15) is 0 Å². The van der Waals surface area contributed by atoms with Crippen LogP contribution in [-0.4, -0.2) is 17.0 Å². The number of nitrogens with zero attached hydrogens (tertiary/aromatic N) is 2. The molecule has 2 aromatic rings. The number of nitro groups is 1. The molecule has 0 radical (unpaired) electrons. The van der Waals surface area contributed by atoms with Crippen molar-refractivity contribution >= 4 is 33.0 Å². The summed E-state index contributed by atoms with van der Waals surface area (Å²) in [5.74, 6) is 0.793. The lowest BCUT2D eigenvalue weighted by Crippen LogP contribution is -2.01. The molecule has 0 saturated heterocycles. The lowest BCUT2D eigenvalue weighted by molar-refractivity contribution is -0.385. The highest BCUT2D eigenvalue weighted by Gasteiger charge is 2.19. The Hall–Kier alpha value is -1.67. The van der Waals surface area contributed by atoms with E-state index in [2.05, 4.69) is 20.9 Å². The second-order valence-corrected chi connectivity index (χ2v) is 5.79. The normalized spacial score (nSPS) is 10.4. The molecule has 21 heavy (non-hydrogen) atoms. The third-order valence-corrected chi connectivity index (χ3v) is 4.17. The van der Waals surface area contributed by atoms with Gasteiger partial charge in [-0.15, -0.1) is 11.3 Å². The molecular formula is C13H13BrN2O4S. The summed E-state index contributed by atoms with van der Waals surface area (Å²) in [7, 11) is 1.50. The number of hydrogen-bond acceptors (Lipinski definition) is 6. The molecule has 0 aliphatic carbocycles. The van der Waals surface area contributed by atoms with Crippen molar-refractivity contribution in [1.29, 1.82) is 0 Å². The molecule has 0 saturated carbocycles. The van der Waals surface area contributed by atoms with E-state index in [0.29, 0.717) is 22.4 Å². The Morgan fingerprint density at radius 3 is 2.71 bits per heavy atom. The van der Waals surface area contributed by atoms with Crippen molar-refractivity contribution in [2.75, 3.05) is 7.11 Å². The third-order valence-electron chi connectivity index (χ3n) is 2.75. The van der Waals surface area contributed by atoms with Gasteiger partial charge in [0, 0.05) is 16.3 Å². The maximum absolute atomic E-state index is 11.1. The maximum Gasteiger partial charge on any atom is 0.277 e. The maximum atomic E-state index is 11.1.